The number of aryl methyl sites for hydroxylation is 2. The van der Waals surface area contributed by atoms with Gasteiger partial charge in [-0.25, -0.2) is 19.7 Å². The third-order valence-corrected chi connectivity index (χ3v) is 6.44. The Kier molecular flexibility index (Phi) is 5.62. The summed E-state index contributed by atoms with van der Waals surface area (Å²) < 4.78 is 5.03. The fourth-order valence-corrected chi connectivity index (χ4v) is 4.66. The lowest BCUT2D eigenvalue weighted by molar-refractivity contribution is 0.0526. The van der Waals surface area contributed by atoms with E-state index in [2.05, 4.69) is 38.6 Å². The topological polar surface area (TPSA) is 71.5 Å². The van der Waals surface area contributed by atoms with Crippen LogP contribution < -0.4 is 9.80 Å². The molecule has 0 N–H and O–H groups in total. The van der Waals surface area contributed by atoms with E-state index in [0.29, 0.717) is 12.2 Å². The van der Waals surface area contributed by atoms with E-state index in [-0.39, 0.29) is 5.97 Å². The highest BCUT2D eigenvalue weighted by Gasteiger charge is 2.21. The molecule has 4 rings (SSSR count). The molecule has 0 bridgehead atoms. The van der Waals surface area contributed by atoms with Crippen LogP contribution in [-0.4, -0.2) is 53.7 Å². The van der Waals surface area contributed by atoms with Gasteiger partial charge in [0, 0.05) is 37.3 Å². The van der Waals surface area contributed by atoms with Gasteiger partial charge in [-0.1, -0.05) is 0 Å². The lowest BCUT2D eigenvalue weighted by Gasteiger charge is -2.24. The second-order valence-corrected chi connectivity index (χ2v) is 8.32. The summed E-state index contributed by atoms with van der Waals surface area (Å²) in [7, 11) is 0. The van der Waals surface area contributed by atoms with Gasteiger partial charge in [-0.15, -0.1) is 11.3 Å². The molecule has 1 fully saturated rings. The molecule has 4 heterocycles. The molecule has 0 saturated carbocycles. The second-order valence-electron chi connectivity index (χ2n) is 7.11. The Balaban J connectivity index is 1.51. The maximum atomic E-state index is 11.8. The number of thiophene rings is 1. The normalized spacial score (nSPS) is 14.9. The highest BCUT2D eigenvalue weighted by molar-refractivity contribution is 7.18. The van der Waals surface area contributed by atoms with Crippen LogP contribution in [0.15, 0.2) is 24.7 Å². The molecule has 0 amide bonds. The minimum absolute atomic E-state index is 0.331. The number of rotatable bonds is 4. The molecule has 152 valence electrons. The van der Waals surface area contributed by atoms with Crippen LogP contribution in [0.25, 0.3) is 10.2 Å². The van der Waals surface area contributed by atoms with Crippen LogP contribution in [0.1, 0.15) is 34.1 Å². The van der Waals surface area contributed by atoms with Gasteiger partial charge in [-0.2, -0.15) is 0 Å². The van der Waals surface area contributed by atoms with Crippen molar-refractivity contribution in [2.75, 3.05) is 42.6 Å². The molecule has 0 spiro atoms. The van der Waals surface area contributed by atoms with E-state index >= 15 is 0 Å². The molecule has 7 nitrogen and oxygen atoms in total. The molecular formula is C21H25N5O2S. The van der Waals surface area contributed by atoms with E-state index in [4.69, 9.17) is 4.74 Å². The quantitative estimate of drug-likeness (QED) is 0.608. The van der Waals surface area contributed by atoms with E-state index in [9.17, 15) is 4.79 Å². The predicted octanol–water partition coefficient (Wildman–Crippen LogP) is 3.60. The van der Waals surface area contributed by atoms with Crippen LogP contribution in [0.4, 0.5) is 11.6 Å². The first kappa shape index (κ1) is 19.6. The van der Waals surface area contributed by atoms with Crippen LogP contribution in [0, 0.1) is 13.8 Å². The molecule has 3 aromatic rings. The molecule has 1 saturated heterocycles. The molecule has 0 aliphatic carbocycles. The molecule has 8 heteroatoms. The number of hydrogen-bond acceptors (Lipinski definition) is 8. The summed E-state index contributed by atoms with van der Waals surface area (Å²) in [6.07, 6.45) is 4.28. The third-order valence-electron chi connectivity index (χ3n) is 5.32. The lowest BCUT2D eigenvalue weighted by atomic mass is 10.2. The van der Waals surface area contributed by atoms with Gasteiger partial charge >= 0.3 is 5.97 Å². The van der Waals surface area contributed by atoms with Crippen molar-refractivity contribution in [3.8, 4) is 0 Å². The van der Waals surface area contributed by atoms with Gasteiger partial charge in [0.1, 0.15) is 22.8 Å². The molecule has 0 radical (unpaired) electrons. The van der Waals surface area contributed by atoms with Gasteiger partial charge in [0.25, 0.3) is 0 Å². The van der Waals surface area contributed by atoms with Crippen molar-refractivity contribution >= 4 is 39.2 Å². The summed E-state index contributed by atoms with van der Waals surface area (Å²) in [5.74, 6) is 1.59. The largest absolute Gasteiger partial charge is 0.462 e. The zero-order valence-corrected chi connectivity index (χ0v) is 17.8. The molecule has 1 aliphatic heterocycles. The molecular weight excluding hydrogens is 386 g/mol. The predicted molar refractivity (Wildman–Crippen MR) is 116 cm³/mol. The summed E-state index contributed by atoms with van der Waals surface area (Å²) in [4.78, 5) is 32.4. The van der Waals surface area contributed by atoms with E-state index in [1.807, 2.05) is 6.07 Å². The van der Waals surface area contributed by atoms with Crippen LogP contribution >= 0.6 is 11.3 Å². The van der Waals surface area contributed by atoms with Gasteiger partial charge in [0.2, 0.25) is 0 Å². The Hall–Kier alpha value is -2.74. The van der Waals surface area contributed by atoms with Crippen LogP contribution in [0.2, 0.25) is 0 Å². The summed E-state index contributed by atoms with van der Waals surface area (Å²) >= 11 is 1.73. The van der Waals surface area contributed by atoms with Crippen molar-refractivity contribution < 1.29 is 9.53 Å². The number of nitrogens with zero attached hydrogens (tertiary/aromatic N) is 5. The summed E-state index contributed by atoms with van der Waals surface area (Å²) in [6, 6.07) is 3.69. The number of esters is 1. The van der Waals surface area contributed by atoms with E-state index in [0.717, 1.165) is 49.1 Å². The SMILES string of the molecule is CCOC(=O)c1ccc(N2CCCN(c3ncnc4sc(C)c(C)c34)CC2)nc1. The number of pyridine rings is 1. The monoisotopic (exact) mass is 411 g/mol. The summed E-state index contributed by atoms with van der Waals surface area (Å²) in [5, 5.41) is 1.18. The Morgan fingerprint density at radius 3 is 2.66 bits per heavy atom. The highest BCUT2D eigenvalue weighted by Crippen LogP contribution is 2.34. The highest BCUT2D eigenvalue weighted by atomic mass is 32.1. The van der Waals surface area contributed by atoms with Gasteiger partial charge in [-0.3, -0.25) is 0 Å². The van der Waals surface area contributed by atoms with E-state index < -0.39 is 0 Å². The third kappa shape index (κ3) is 3.89. The van der Waals surface area contributed by atoms with Crippen molar-refractivity contribution in [1.82, 2.24) is 15.0 Å². The second kappa shape index (κ2) is 8.32. The molecule has 29 heavy (non-hydrogen) atoms. The van der Waals surface area contributed by atoms with Gasteiger partial charge in [-0.05, 0) is 44.9 Å². The van der Waals surface area contributed by atoms with Crippen LogP contribution in [0.3, 0.4) is 0 Å². The van der Waals surface area contributed by atoms with E-state index in [1.54, 1.807) is 36.9 Å². The van der Waals surface area contributed by atoms with E-state index in [1.165, 1.54) is 15.8 Å². The Labute approximate surface area is 174 Å². The molecule has 0 aromatic carbocycles. The van der Waals surface area contributed by atoms with Gasteiger partial charge in [0.05, 0.1) is 17.6 Å². The number of carbonyl (C=O) groups is 1. The molecule has 0 unspecified atom stereocenters. The van der Waals surface area contributed by atoms with Crippen molar-refractivity contribution in [3.63, 3.8) is 0 Å². The number of anilines is 2. The first-order chi connectivity index (χ1) is 14.1. The van der Waals surface area contributed by atoms with Crippen LogP contribution in [0.5, 0.6) is 0 Å². The Morgan fingerprint density at radius 2 is 1.90 bits per heavy atom. The van der Waals surface area contributed by atoms with Crippen molar-refractivity contribution in [2.45, 2.75) is 27.2 Å². The summed E-state index contributed by atoms with van der Waals surface area (Å²) in [6.45, 7) is 10.0. The number of fused-ring (bicyclic) bond motifs is 1. The van der Waals surface area contributed by atoms with Crippen molar-refractivity contribution in [3.05, 3.63) is 40.7 Å². The van der Waals surface area contributed by atoms with Crippen molar-refractivity contribution in [1.29, 1.82) is 0 Å². The standard InChI is InChI=1S/C21H25N5O2S/c1-4-28-21(27)16-6-7-17(22-12-16)25-8-5-9-26(11-10-25)19-18-14(2)15(3)29-20(18)24-13-23-19/h6-7,12-13H,4-5,8-11H2,1-3H3. The fourth-order valence-electron chi connectivity index (χ4n) is 3.67. The Bertz CT molecular complexity index is 1020. The summed E-state index contributed by atoms with van der Waals surface area (Å²) in [5.41, 5.74) is 1.76. The zero-order valence-electron chi connectivity index (χ0n) is 17.0. The Morgan fingerprint density at radius 1 is 1.10 bits per heavy atom. The minimum atomic E-state index is -0.331. The maximum absolute atomic E-state index is 11.8. The number of aromatic nitrogens is 3. The van der Waals surface area contributed by atoms with Gasteiger partial charge < -0.3 is 14.5 Å². The maximum Gasteiger partial charge on any atom is 0.339 e. The smallest absolute Gasteiger partial charge is 0.339 e. The first-order valence-corrected chi connectivity index (χ1v) is 10.7. The lowest BCUT2D eigenvalue weighted by Crippen LogP contribution is -2.31. The minimum Gasteiger partial charge on any atom is -0.462 e. The average Bonchev–Trinajstić information content (AvgIpc) is 2.90. The average molecular weight is 412 g/mol. The fraction of sp³-hybridized carbons (Fsp3) is 0.429. The molecule has 0 atom stereocenters. The van der Waals surface area contributed by atoms with Crippen molar-refractivity contribution in [2.24, 2.45) is 0 Å². The molecule has 3 aromatic heterocycles. The number of carbonyl (C=O) groups excluding carboxylic acids is 1. The van der Waals surface area contributed by atoms with Gasteiger partial charge in [0.15, 0.2) is 0 Å². The number of ether oxygens (including phenoxy) is 1. The first-order valence-electron chi connectivity index (χ1n) is 9.92. The van der Waals surface area contributed by atoms with Crippen LogP contribution in [-0.2, 0) is 4.74 Å². The molecule has 1 aliphatic rings. The zero-order chi connectivity index (χ0) is 20.4. The number of hydrogen-bond donors (Lipinski definition) is 0.